The highest BCUT2D eigenvalue weighted by molar-refractivity contribution is 5.79. The highest BCUT2D eigenvalue weighted by Crippen LogP contribution is 2.22. The van der Waals surface area contributed by atoms with Crippen LogP contribution in [-0.2, 0) is 10.2 Å². The molecular weight excluding hydrogens is 331 g/mol. The van der Waals surface area contributed by atoms with E-state index >= 15 is 0 Å². The van der Waals surface area contributed by atoms with Gasteiger partial charge in [0.15, 0.2) is 5.96 Å². The van der Waals surface area contributed by atoms with Crippen LogP contribution in [0.4, 0.5) is 13.2 Å². The molecule has 0 saturated heterocycles. The maximum absolute atomic E-state index is 12.0. The van der Waals surface area contributed by atoms with Crippen LogP contribution in [0.15, 0.2) is 35.3 Å². The molecule has 0 atom stereocenters. The van der Waals surface area contributed by atoms with Crippen LogP contribution in [0.1, 0.15) is 32.8 Å². The van der Waals surface area contributed by atoms with Gasteiger partial charge in [0.05, 0.1) is 6.54 Å². The van der Waals surface area contributed by atoms with Crippen LogP contribution >= 0.6 is 0 Å². The van der Waals surface area contributed by atoms with E-state index in [0.717, 1.165) is 0 Å². The van der Waals surface area contributed by atoms with Gasteiger partial charge in [-0.25, -0.2) is 0 Å². The lowest BCUT2D eigenvalue weighted by atomic mass is 9.85. The first-order chi connectivity index (χ1) is 11.7. The molecule has 0 saturated carbocycles. The normalized spacial score (nSPS) is 13.0. The maximum atomic E-state index is 12.0. The molecule has 1 aromatic carbocycles. The molecule has 0 bridgehead atoms. The summed E-state index contributed by atoms with van der Waals surface area (Å²) in [5.74, 6) is 0.655. The summed E-state index contributed by atoms with van der Waals surface area (Å²) >= 11 is 0. The second kappa shape index (κ2) is 10.3. The lowest BCUT2D eigenvalue weighted by Gasteiger charge is -2.24. The number of nitrogens with zero attached hydrogens (tertiary/aromatic N) is 1. The van der Waals surface area contributed by atoms with Gasteiger partial charge in [-0.2, -0.15) is 13.2 Å². The quantitative estimate of drug-likeness (QED) is 0.403. The predicted octanol–water partition coefficient (Wildman–Crippen LogP) is 3.49. The molecule has 0 aliphatic heterocycles. The molecule has 0 aromatic heterocycles. The van der Waals surface area contributed by atoms with Crippen LogP contribution in [-0.4, -0.2) is 45.0 Å². The van der Waals surface area contributed by atoms with Crippen molar-refractivity contribution >= 4 is 5.96 Å². The molecule has 0 aliphatic rings. The molecule has 0 radical (unpaired) electrons. The number of rotatable bonds is 9. The Labute approximate surface area is 147 Å². The third kappa shape index (κ3) is 9.34. The molecule has 1 rings (SSSR count). The molecule has 0 unspecified atom stereocenters. The number of benzene rings is 1. The summed E-state index contributed by atoms with van der Waals surface area (Å²) in [6, 6.07) is 10.1. The van der Waals surface area contributed by atoms with Crippen LogP contribution in [0.2, 0.25) is 0 Å². The van der Waals surface area contributed by atoms with Crippen molar-refractivity contribution in [3.8, 4) is 0 Å². The minimum Gasteiger partial charge on any atom is -0.372 e. The van der Waals surface area contributed by atoms with Gasteiger partial charge in [-0.3, -0.25) is 4.99 Å². The van der Waals surface area contributed by atoms with Crippen molar-refractivity contribution in [3.05, 3.63) is 35.9 Å². The Bertz CT molecular complexity index is 516. The standard InChI is InChI=1S/C18H28F3N3O/c1-4-22-16(23-11-8-12-25-14-18(19,20)21)24-13-17(2,3)15-9-6-5-7-10-15/h5-7,9-10H,4,8,11-14H2,1-3H3,(H2,22,23,24). The molecular formula is C18H28F3N3O. The third-order valence-electron chi connectivity index (χ3n) is 3.56. The molecule has 0 heterocycles. The number of ether oxygens (including phenoxy) is 1. The first-order valence-corrected chi connectivity index (χ1v) is 8.47. The SMILES string of the molecule is CCNC(=NCC(C)(C)c1ccccc1)NCCCOCC(F)(F)F. The topological polar surface area (TPSA) is 45.7 Å². The van der Waals surface area contributed by atoms with E-state index in [0.29, 0.717) is 32.0 Å². The highest BCUT2D eigenvalue weighted by Gasteiger charge is 2.27. The zero-order valence-corrected chi connectivity index (χ0v) is 15.1. The van der Waals surface area contributed by atoms with Gasteiger partial charge in [0, 0.05) is 25.1 Å². The molecule has 2 N–H and O–H groups in total. The first kappa shape index (κ1) is 21.3. The summed E-state index contributed by atoms with van der Waals surface area (Å²) in [5.41, 5.74) is 1.09. The maximum Gasteiger partial charge on any atom is 0.411 e. The minimum atomic E-state index is -4.27. The molecule has 0 spiro atoms. The Balaban J connectivity index is 2.43. The zero-order chi connectivity index (χ0) is 18.8. The van der Waals surface area contributed by atoms with E-state index < -0.39 is 12.8 Å². The van der Waals surface area contributed by atoms with Gasteiger partial charge < -0.3 is 15.4 Å². The summed E-state index contributed by atoms with van der Waals surface area (Å²) in [6.45, 7) is 6.87. The molecule has 25 heavy (non-hydrogen) atoms. The summed E-state index contributed by atoms with van der Waals surface area (Å²) in [5, 5.41) is 6.26. The Hall–Kier alpha value is -1.76. The van der Waals surface area contributed by atoms with Crippen LogP contribution < -0.4 is 10.6 Å². The lowest BCUT2D eigenvalue weighted by molar-refractivity contribution is -0.173. The summed E-state index contributed by atoms with van der Waals surface area (Å²) in [4.78, 5) is 4.59. The molecule has 0 amide bonds. The molecule has 0 aliphatic carbocycles. The van der Waals surface area contributed by atoms with Crippen molar-refractivity contribution in [2.24, 2.45) is 4.99 Å². The smallest absolute Gasteiger partial charge is 0.372 e. The van der Waals surface area contributed by atoms with Gasteiger partial charge in [0.2, 0.25) is 0 Å². The fraction of sp³-hybridized carbons (Fsp3) is 0.611. The second-order valence-electron chi connectivity index (χ2n) is 6.39. The van der Waals surface area contributed by atoms with Crippen LogP contribution in [0, 0.1) is 0 Å². The average molecular weight is 359 g/mol. The monoisotopic (exact) mass is 359 g/mol. The average Bonchev–Trinajstić information content (AvgIpc) is 2.55. The Morgan fingerprint density at radius 3 is 2.40 bits per heavy atom. The Morgan fingerprint density at radius 2 is 1.80 bits per heavy atom. The third-order valence-corrected chi connectivity index (χ3v) is 3.56. The summed E-state index contributed by atoms with van der Waals surface area (Å²) in [6.07, 6.45) is -3.80. The number of guanidine groups is 1. The van der Waals surface area contributed by atoms with Gasteiger partial charge in [-0.1, -0.05) is 44.2 Å². The number of halogens is 3. The Kier molecular flexibility index (Phi) is 8.75. The number of alkyl halides is 3. The number of hydrogen-bond donors (Lipinski definition) is 2. The number of aliphatic imine (C=N–C) groups is 1. The van der Waals surface area contributed by atoms with Crippen molar-refractivity contribution in [1.82, 2.24) is 10.6 Å². The number of nitrogens with one attached hydrogen (secondary N) is 2. The molecule has 0 fully saturated rings. The summed E-state index contributed by atoms with van der Waals surface area (Å²) < 4.78 is 40.5. The largest absolute Gasteiger partial charge is 0.411 e. The fourth-order valence-corrected chi connectivity index (χ4v) is 2.17. The van der Waals surface area contributed by atoms with E-state index in [1.165, 1.54) is 5.56 Å². The van der Waals surface area contributed by atoms with Crippen LogP contribution in [0.25, 0.3) is 0 Å². The van der Waals surface area contributed by atoms with Crippen LogP contribution in [0.5, 0.6) is 0 Å². The van der Waals surface area contributed by atoms with E-state index in [1.54, 1.807) is 0 Å². The van der Waals surface area contributed by atoms with E-state index in [4.69, 9.17) is 0 Å². The number of hydrogen-bond acceptors (Lipinski definition) is 2. The second-order valence-corrected chi connectivity index (χ2v) is 6.39. The molecule has 4 nitrogen and oxygen atoms in total. The lowest BCUT2D eigenvalue weighted by Crippen LogP contribution is -2.39. The van der Waals surface area contributed by atoms with Gasteiger partial charge in [-0.05, 0) is 18.9 Å². The van der Waals surface area contributed by atoms with Crippen LogP contribution in [0.3, 0.4) is 0 Å². The van der Waals surface area contributed by atoms with E-state index in [1.807, 2.05) is 25.1 Å². The molecule has 7 heteroatoms. The molecule has 142 valence electrons. The van der Waals surface area contributed by atoms with Gasteiger partial charge >= 0.3 is 6.18 Å². The van der Waals surface area contributed by atoms with Gasteiger partial charge in [0.1, 0.15) is 6.61 Å². The van der Waals surface area contributed by atoms with E-state index in [2.05, 4.69) is 46.3 Å². The Morgan fingerprint density at radius 1 is 1.12 bits per heavy atom. The van der Waals surface area contributed by atoms with Gasteiger partial charge in [0.25, 0.3) is 0 Å². The highest BCUT2D eigenvalue weighted by atomic mass is 19.4. The van der Waals surface area contributed by atoms with Crippen molar-refractivity contribution in [2.75, 3.05) is 32.8 Å². The van der Waals surface area contributed by atoms with E-state index in [9.17, 15) is 13.2 Å². The fourth-order valence-electron chi connectivity index (χ4n) is 2.17. The van der Waals surface area contributed by atoms with Crippen molar-refractivity contribution in [2.45, 2.75) is 38.8 Å². The van der Waals surface area contributed by atoms with Crippen molar-refractivity contribution in [1.29, 1.82) is 0 Å². The van der Waals surface area contributed by atoms with Crippen molar-refractivity contribution < 1.29 is 17.9 Å². The zero-order valence-electron chi connectivity index (χ0n) is 15.1. The minimum absolute atomic E-state index is 0.0570. The first-order valence-electron chi connectivity index (χ1n) is 8.47. The predicted molar refractivity (Wildman–Crippen MR) is 94.9 cm³/mol. The molecule has 1 aromatic rings. The summed E-state index contributed by atoms with van der Waals surface area (Å²) in [7, 11) is 0. The van der Waals surface area contributed by atoms with Crippen molar-refractivity contribution in [3.63, 3.8) is 0 Å². The van der Waals surface area contributed by atoms with Gasteiger partial charge in [-0.15, -0.1) is 0 Å². The van der Waals surface area contributed by atoms with E-state index in [-0.39, 0.29) is 12.0 Å².